The van der Waals surface area contributed by atoms with Crippen molar-refractivity contribution in [2.45, 2.75) is 6.10 Å². The van der Waals surface area contributed by atoms with E-state index in [-0.39, 0.29) is 12.2 Å². The van der Waals surface area contributed by atoms with Gasteiger partial charge in [0.2, 0.25) is 10.7 Å². The van der Waals surface area contributed by atoms with E-state index in [0.29, 0.717) is 44.1 Å². The van der Waals surface area contributed by atoms with Crippen LogP contribution in [0.4, 0.5) is 0 Å². The lowest BCUT2D eigenvalue weighted by atomic mass is 10.1. The van der Waals surface area contributed by atoms with Crippen molar-refractivity contribution in [3.05, 3.63) is 62.7 Å². The fourth-order valence-corrected chi connectivity index (χ4v) is 4.38. The summed E-state index contributed by atoms with van der Waals surface area (Å²) in [6, 6.07) is 10.9. The van der Waals surface area contributed by atoms with Gasteiger partial charge >= 0.3 is 0 Å². The number of para-hydroxylation sites is 2. The first-order chi connectivity index (χ1) is 15.6. The van der Waals surface area contributed by atoms with E-state index in [1.807, 2.05) is 24.3 Å². The Morgan fingerprint density at radius 3 is 2.47 bits per heavy atom. The summed E-state index contributed by atoms with van der Waals surface area (Å²) in [5.41, 5.74) is 0.455. The third kappa shape index (κ3) is 3.38. The van der Waals surface area contributed by atoms with E-state index in [9.17, 15) is 4.79 Å². The summed E-state index contributed by atoms with van der Waals surface area (Å²) in [6.45, 7) is 0.271. The summed E-state index contributed by atoms with van der Waals surface area (Å²) in [6.07, 6.45) is 1.25. The van der Waals surface area contributed by atoms with Crippen molar-refractivity contribution >= 4 is 22.4 Å². The highest BCUT2D eigenvalue weighted by molar-refractivity contribution is 7.15. The Balaban J connectivity index is 1.50. The second-order valence-corrected chi connectivity index (χ2v) is 7.91. The molecule has 0 bridgehead atoms. The molecule has 10 heteroatoms. The molecule has 32 heavy (non-hydrogen) atoms. The maximum atomic E-state index is 12.9. The van der Waals surface area contributed by atoms with Crippen LogP contribution in [0.25, 0.3) is 11.0 Å². The molecule has 2 aromatic carbocycles. The smallest absolute Gasteiger partial charge is 0.291 e. The van der Waals surface area contributed by atoms with Crippen LogP contribution in [0.2, 0.25) is 0 Å². The van der Waals surface area contributed by atoms with E-state index in [0.717, 1.165) is 5.56 Å². The Morgan fingerprint density at radius 1 is 1.09 bits per heavy atom. The van der Waals surface area contributed by atoms with E-state index >= 15 is 0 Å². The molecule has 0 N–H and O–H groups in total. The fourth-order valence-electron chi connectivity index (χ4n) is 3.47. The Bertz CT molecular complexity index is 1390. The van der Waals surface area contributed by atoms with Crippen molar-refractivity contribution in [1.82, 2.24) is 14.6 Å². The molecule has 0 saturated heterocycles. The van der Waals surface area contributed by atoms with Crippen LogP contribution in [-0.2, 0) is 0 Å². The van der Waals surface area contributed by atoms with E-state index < -0.39 is 6.10 Å². The van der Waals surface area contributed by atoms with Crippen LogP contribution in [0.1, 0.15) is 17.5 Å². The molecule has 0 fully saturated rings. The highest BCUT2D eigenvalue weighted by Crippen LogP contribution is 2.38. The molecule has 1 aliphatic rings. The van der Waals surface area contributed by atoms with Crippen molar-refractivity contribution in [3.8, 4) is 28.7 Å². The molecular formula is C22H19N3O6S. The summed E-state index contributed by atoms with van der Waals surface area (Å²) < 4.78 is 29.6. The summed E-state index contributed by atoms with van der Waals surface area (Å²) in [5.74, 6) is 3.20. The van der Waals surface area contributed by atoms with E-state index in [1.165, 1.54) is 23.0 Å². The van der Waals surface area contributed by atoms with Gasteiger partial charge in [0.15, 0.2) is 34.9 Å². The summed E-state index contributed by atoms with van der Waals surface area (Å²) >= 11 is 1.24. The molecule has 0 saturated carbocycles. The summed E-state index contributed by atoms with van der Waals surface area (Å²) in [7, 11) is 4.62. The molecule has 2 aromatic heterocycles. The van der Waals surface area contributed by atoms with Gasteiger partial charge in [0.1, 0.15) is 6.61 Å². The third-order valence-electron chi connectivity index (χ3n) is 4.98. The molecular weight excluding hydrogens is 434 g/mol. The maximum absolute atomic E-state index is 12.9. The molecule has 4 aromatic rings. The number of hydrogen-bond donors (Lipinski definition) is 0. The van der Waals surface area contributed by atoms with Crippen molar-refractivity contribution in [3.63, 3.8) is 0 Å². The lowest BCUT2D eigenvalue weighted by molar-refractivity contribution is 0.0852. The SMILES string of the molecule is COc1cc(/C=c2/sc3nc(C4COc5ccccc5O4)nn3c2=O)cc(OC)c1OC. The lowest BCUT2D eigenvalue weighted by Gasteiger charge is -2.24. The topological polar surface area (TPSA) is 93.4 Å². The van der Waals surface area contributed by atoms with Gasteiger partial charge in [0, 0.05) is 0 Å². The fraction of sp³-hybridized carbons (Fsp3) is 0.227. The summed E-state index contributed by atoms with van der Waals surface area (Å²) in [4.78, 5) is 17.9. The van der Waals surface area contributed by atoms with E-state index in [1.54, 1.807) is 32.4 Å². The minimum Gasteiger partial charge on any atom is -0.493 e. The molecule has 0 amide bonds. The van der Waals surface area contributed by atoms with Gasteiger partial charge in [-0.2, -0.15) is 9.50 Å². The zero-order chi connectivity index (χ0) is 22.2. The van der Waals surface area contributed by atoms with Gasteiger partial charge in [-0.05, 0) is 35.9 Å². The highest BCUT2D eigenvalue weighted by Gasteiger charge is 2.27. The molecule has 1 atom stereocenters. The average molecular weight is 453 g/mol. The van der Waals surface area contributed by atoms with Crippen molar-refractivity contribution in [2.75, 3.05) is 27.9 Å². The van der Waals surface area contributed by atoms with Gasteiger partial charge in [0.25, 0.3) is 5.56 Å². The third-order valence-corrected chi connectivity index (χ3v) is 5.94. The van der Waals surface area contributed by atoms with Crippen LogP contribution in [-0.4, -0.2) is 42.5 Å². The monoisotopic (exact) mass is 453 g/mol. The number of thiazole rings is 1. The second-order valence-electron chi connectivity index (χ2n) is 6.90. The van der Waals surface area contributed by atoms with Gasteiger partial charge in [-0.3, -0.25) is 4.79 Å². The van der Waals surface area contributed by atoms with Crippen LogP contribution in [0.5, 0.6) is 28.7 Å². The Hall–Kier alpha value is -3.79. The van der Waals surface area contributed by atoms with Crippen molar-refractivity contribution < 1.29 is 23.7 Å². The number of rotatable bonds is 5. The van der Waals surface area contributed by atoms with Crippen LogP contribution < -0.4 is 33.8 Å². The number of nitrogens with zero attached hydrogens (tertiary/aromatic N) is 3. The zero-order valence-electron chi connectivity index (χ0n) is 17.5. The largest absolute Gasteiger partial charge is 0.493 e. The number of fused-ring (bicyclic) bond motifs is 2. The number of methoxy groups -OCH3 is 3. The van der Waals surface area contributed by atoms with Crippen LogP contribution in [0.15, 0.2) is 41.2 Å². The number of aromatic nitrogens is 3. The maximum Gasteiger partial charge on any atom is 0.291 e. The molecule has 1 unspecified atom stereocenters. The molecule has 9 nitrogen and oxygen atoms in total. The minimum absolute atomic E-state index is 0.269. The Labute approximate surface area is 186 Å². The normalized spacial score (nSPS) is 15.7. The Kier molecular flexibility index (Phi) is 5.06. The van der Waals surface area contributed by atoms with E-state index in [4.69, 9.17) is 23.7 Å². The van der Waals surface area contributed by atoms with Gasteiger partial charge in [0.05, 0.1) is 25.9 Å². The van der Waals surface area contributed by atoms with E-state index in [2.05, 4.69) is 10.1 Å². The van der Waals surface area contributed by atoms with Gasteiger partial charge < -0.3 is 23.7 Å². The van der Waals surface area contributed by atoms with Gasteiger partial charge in [-0.25, -0.2) is 0 Å². The number of benzene rings is 2. The second kappa shape index (κ2) is 8.04. The number of ether oxygens (including phenoxy) is 5. The first-order valence-corrected chi connectivity index (χ1v) is 10.5. The Morgan fingerprint density at radius 2 is 1.81 bits per heavy atom. The van der Waals surface area contributed by atoms with Gasteiger partial charge in [-0.15, -0.1) is 5.10 Å². The molecule has 5 rings (SSSR count). The molecule has 0 spiro atoms. The minimum atomic E-state index is -0.487. The predicted octanol–water partition coefficient (Wildman–Crippen LogP) is 2.24. The molecule has 3 heterocycles. The first-order valence-electron chi connectivity index (χ1n) is 9.71. The van der Waals surface area contributed by atoms with Crippen LogP contribution in [0, 0.1) is 0 Å². The highest BCUT2D eigenvalue weighted by atomic mass is 32.1. The molecule has 0 aliphatic carbocycles. The summed E-state index contributed by atoms with van der Waals surface area (Å²) in [5, 5.41) is 4.38. The molecule has 0 radical (unpaired) electrons. The molecule has 164 valence electrons. The van der Waals surface area contributed by atoms with Crippen LogP contribution in [0.3, 0.4) is 0 Å². The van der Waals surface area contributed by atoms with Gasteiger partial charge in [-0.1, -0.05) is 23.5 Å². The predicted molar refractivity (Wildman–Crippen MR) is 117 cm³/mol. The quantitative estimate of drug-likeness (QED) is 0.454. The van der Waals surface area contributed by atoms with Crippen molar-refractivity contribution in [1.29, 1.82) is 0 Å². The molecule has 1 aliphatic heterocycles. The first kappa shape index (κ1) is 20.1. The number of hydrogen-bond acceptors (Lipinski definition) is 9. The standard InChI is InChI=1S/C22H19N3O6S/c1-27-15-8-12(9-16(28-2)19(15)29-3)10-18-21(26)25-22(32-18)23-20(24-25)17-11-30-13-6-4-5-7-14(13)31-17/h4-10,17H,11H2,1-3H3/b18-10+. The zero-order valence-corrected chi connectivity index (χ0v) is 18.3. The lowest BCUT2D eigenvalue weighted by Crippen LogP contribution is -2.26. The van der Waals surface area contributed by atoms with Crippen molar-refractivity contribution in [2.24, 2.45) is 0 Å². The average Bonchev–Trinajstić information content (AvgIpc) is 3.37. The van der Waals surface area contributed by atoms with Crippen LogP contribution >= 0.6 is 11.3 Å².